The van der Waals surface area contributed by atoms with Crippen molar-refractivity contribution in [3.05, 3.63) is 62.5 Å². The summed E-state index contributed by atoms with van der Waals surface area (Å²) in [5.41, 5.74) is 2.50. The number of benzene rings is 1. The van der Waals surface area contributed by atoms with Gasteiger partial charge in [0, 0.05) is 12.3 Å². The van der Waals surface area contributed by atoms with Crippen molar-refractivity contribution in [2.24, 2.45) is 5.10 Å². The molecule has 0 aliphatic carbocycles. The standard InChI is InChI=1S/C11H9N5O4/c17-15(18)9-3-4-10(11(6-9)16(19)20)14-13-7-8-2-1-5-12-8/h1-7,12,14H/b13-7-. The summed E-state index contributed by atoms with van der Waals surface area (Å²) in [7, 11) is 0. The molecule has 2 aromatic rings. The molecule has 2 rings (SSSR count). The van der Waals surface area contributed by atoms with Gasteiger partial charge in [-0.25, -0.2) is 0 Å². The molecule has 9 nitrogen and oxygen atoms in total. The van der Waals surface area contributed by atoms with Crippen molar-refractivity contribution in [2.75, 3.05) is 5.43 Å². The van der Waals surface area contributed by atoms with E-state index in [1.807, 2.05) is 0 Å². The van der Waals surface area contributed by atoms with Crippen LogP contribution < -0.4 is 5.43 Å². The first-order chi connectivity index (χ1) is 9.58. The van der Waals surface area contributed by atoms with Crippen molar-refractivity contribution in [3.8, 4) is 0 Å². The van der Waals surface area contributed by atoms with Crippen LogP contribution in [-0.4, -0.2) is 21.0 Å². The monoisotopic (exact) mass is 275 g/mol. The highest BCUT2D eigenvalue weighted by molar-refractivity contribution is 5.78. The summed E-state index contributed by atoms with van der Waals surface area (Å²) in [4.78, 5) is 22.9. The number of nitrogens with zero attached hydrogens (tertiary/aromatic N) is 3. The highest BCUT2D eigenvalue weighted by atomic mass is 16.6. The third-order valence-corrected chi connectivity index (χ3v) is 2.40. The van der Waals surface area contributed by atoms with E-state index in [0.29, 0.717) is 5.69 Å². The molecule has 0 saturated heterocycles. The number of hydrogen-bond donors (Lipinski definition) is 2. The average Bonchev–Trinajstić information content (AvgIpc) is 2.91. The highest BCUT2D eigenvalue weighted by Crippen LogP contribution is 2.28. The number of non-ortho nitro benzene ring substituents is 1. The summed E-state index contributed by atoms with van der Waals surface area (Å²) < 4.78 is 0. The Kier molecular flexibility index (Phi) is 3.70. The molecule has 1 aromatic heterocycles. The Hall–Kier alpha value is -3.23. The lowest BCUT2D eigenvalue weighted by atomic mass is 10.2. The molecule has 0 atom stereocenters. The third kappa shape index (κ3) is 2.96. The molecule has 0 bridgehead atoms. The van der Waals surface area contributed by atoms with Crippen LogP contribution in [0.3, 0.4) is 0 Å². The maximum absolute atomic E-state index is 10.9. The molecule has 0 aliphatic rings. The summed E-state index contributed by atoms with van der Waals surface area (Å²) in [6.45, 7) is 0. The van der Waals surface area contributed by atoms with Crippen LogP contribution >= 0.6 is 0 Å². The van der Waals surface area contributed by atoms with Gasteiger partial charge in [0.2, 0.25) is 0 Å². The number of H-pyrrole nitrogens is 1. The number of hydrazone groups is 1. The molecule has 0 saturated carbocycles. The van der Waals surface area contributed by atoms with E-state index in [1.54, 1.807) is 18.3 Å². The topological polar surface area (TPSA) is 126 Å². The third-order valence-electron chi connectivity index (χ3n) is 2.40. The number of aromatic nitrogens is 1. The van der Waals surface area contributed by atoms with Gasteiger partial charge in [0.05, 0.1) is 27.8 Å². The quantitative estimate of drug-likeness (QED) is 0.491. The van der Waals surface area contributed by atoms with E-state index in [9.17, 15) is 20.2 Å². The summed E-state index contributed by atoms with van der Waals surface area (Å²) in [6.07, 6.45) is 3.14. The molecule has 0 spiro atoms. The molecule has 1 heterocycles. The van der Waals surface area contributed by atoms with Crippen LogP contribution in [0.25, 0.3) is 0 Å². The minimum absolute atomic E-state index is 0.0726. The van der Waals surface area contributed by atoms with Gasteiger partial charge in [-0.15, -0.1) is 0 Å². The summed E-state index contributed by atoms with van der Waals surface area (Å²) in [6, 6.07) is 6.82. The second-order valence-corrected chi connectivity index (χ2v) is 3.71. The number of nitrogens with one attached hydrogen (secondary N) is 2. The summed E-state index contributed by atoms with van der Waals surface area (Å²) in [5, 5.41) is 25.3. The summed E-state index contributed by atoms with van der Waals surface area (Å²) in [5.74, 6) is 0. The Morgan fingerprint density at radius 1 is 1.20 bits per heavy atom. The van der Waals surface area contributed by atoms with Crippen LogP contribution in [0.15, 0.2) is 41.6 Å². The smallest absolute Gasteiger partial charge is 0.301 e. The van der Waals surface area contributed by atoms with E-state index in [-0.39, 0.29) is 11.4 Å². The van der Waals surface area contributed by atoms with Crippen LogP contribution in [0.1, 0.15) is 5.69 Å². The van der Waals surface area contributed by atoms with E-state index in [2.05, 4.69) is 15.5 Å². The highest BCUT2D eigenvalue weighted by Gasteiger charge is 2.18. The summed E-state index contributed by atoms with van der Waals surface area (Å²) >= 11 is 0. The lowest BCUT2D eigenvalue weighted by Gasteiger charge is -2.01. The first-order valence-corrected chi connectivity index (χ1v) is 5.43. The number of hydrogen-bond acceptors (Lipinski definition) is 6. The second-order valence-electron chi connectivity index (χ2n) is 3.71. The van der Waals surface area contributed by atoms with Gasteiger partial charge in [-0.3, -0.25) is 25.7 Å². The van der Waals surface area contributed by atoms with Gasteiger partial charge in [0.25, 0.3) is 5.69 Å². The molecule has 102 valence electrons. The molecule has 0 amide bonds. The van der Waals surface area contributed by atoms with Gasteiger partial charge in [0.15, 0.2) is 0 Å². The zero-order valence-electron chi connectivity index (χ0n) is 10.0. The van der Waals surface area contributed by atoms with Crippen LogP contribution in [0.2, 0.25) is 0 Å². The molecule has 20 heavy (non-hydrogen) atoms. The van der Waals surface area contributed by atoms with Gasteiger partial charge in [-0.1, -0.05) is 0 Å². The van der Waals surface area contributed by atoms with E-state index in [0.717, 1.165) is 6.07 Å². The molecule has 9 heteroatoms. The fourth-order valence-corrected chi connectivity index (χ4v) is 1.48. The number of nitro groups is 2. The van der Waals surface area contributed by atoms with E-state index < -0.39 is 15.5 Å². The van der Waals surface area contributed by atoms with Crippen LogP contribution in [0.5, 0.6) is 0 Å². The first-order valence-electron chi connectivity index (χ1n) is 5.43. The van der Waals surface area contributed by atoms with Crippen molar-refractivity contribution in [2.45, 2.75) is 0 Å². The Labute approximate surface area is 112 Å². The maximum Gasteiger partial charge on any atom is 0.301 e. The lowest BCUT2D eigenvalue weighted by Crippen LogP contribution is -1.98. The van der Waals surface area contributed by atoms with E-state index >= 15 is 0 Å². The molecule has 0 radical (unpaired) electrons. The van der Waals surface area contributed by atoms with Gasteiger partial charge >= 0.3 is 5.69 Å². The lowest BCUT2D eigenvalue weighted by molar-refractivity contribution is -0.393. The Morgan fingerprint density at radius 3 is 2.60 bits per heavy atom. The molecular weight excluding hydrogens is 266 g/mol. The Morgan fingerprint density at radius 2 is 2.00 bits per heavy atom. The maximum atomic E-state index is 10.9. The molecule has 1 aromatic carbocycles. The first kappa shape index (κ1) is 13.2. The molecule has 2 N–H and O–H groups in total. The normalized spacial score (nSPS) is 10.6. The van der Waals surface area contributed by atoms with Crippen LogP contribution in [0.4, 0.5) is 17.1 Å². The number of aromatic amines is 1. The van der Waals surface area contributed by atoms with E-state index in [1.165, 1.54) is 18.3 Å². The fourth-order valence-electron chi connectivity index (χ4n) is 1.48. The van der Waals surface area contributed by atoms with Gasteiger partial charge < -0.3 is 4.98 Å². The van der Waals surface area contributed by atoms with Crippen molar-refractivity contribution in [1.82, 2.24) is 4.98 Å². The zero-order valence-corrected chi connectivity index (χ0v) is 10.0. The minimum atomic E-state index is -0.709. The van der Waals surface area contributed by atoms with Gasteiger partial charge in [0.1, 0.15) is 5.69 Å². The largest absolute Gasteiger partial charge is 0.360 e. The molecule has 0 fully saturated rings. The average molecular weight is 275 g/mol. The fraction of sp³-hybridized carbons (Fsp3) is 0. The Bertz CT molecular complexity index is 665. The predicted octanol–water partition coefficient (Wildman–Crippen LogP) is 2.28. The molecular formula is C11H9N5O4. The van der Waals surface area contributed by atoms with Gasteiger partial charge in [-0.05, 0) is 18.2 Å². The number of rotatable bonds is 5. The van der Waals surface area contributed by atoms with Gasteiger partial charge in [-0.2, -0.15) is 5.10 Å². The predicted molar refractivity (Wildman–Crippen MR) is 71.8 cm³/mol. The van der Waals surface area contributed by atoms with Crippen molar-refractivity contribution in [1.29, 1.82) is 0 Å². The zero-order chi connectivity index (χ0) is 14.5. The molecule has 0 aliphatic heterocycles. The van der Waals surface area contributed by atoms with Crippen molar-refractivity contribution >= 4 is 23.3 Å². The number of anilines is 1. The minimum Gasteiger partial charge on any atom is -0.360 e. The van der Waals surface area contributed by atoms with Crippen molar-refractivity contribution in [3.63, 3.8) is 0 Å². The second kappa shape index (κ2) is 5.61. The van der Waals surface area contributed by atoms with E-state index in [4.69, 9.17) is 0 Å². The molecule has 0 unspecified atom stereocenters. The van der Waals surface area contributed by atoms with Crippen molar-refractivity contribution < 1.29 is 9.85 Å². The number of nitro benzene ring substituents is 2. The SMILES string of the molecule is O=[N+]([O-])c1ccc(N/N=C\c2ccc[nH]2)c([N+](=O)[O-])c1. The van der Waals surface area contributed by atoms with Crippen LogP contribution in [-0.2, 0) is 0 Å². The van der Waals surface area contributed by atoms with Crippen LogP contribution in [0, 0.1) is 20.2 Å². The Balaban J connectivity index is 2.22.